The Morgan fingerprint density at radius 1 is 1.35 bits per heavy atom. The third-order valence-corrected chi connectivity index (χ3v) is 5.11. The molecule has 0 bridgehead atoms. The molecule has 1 amide bonds. The highest BCUT2D eigenvalue weighted by molar-refractivity contribution is 7.92. The number of aromatic nitrogens is 2. The molecule has 8 nitrogen and oxygen atoms in total. The molecule has 1 heterocycles. The average Bonchev–Trinajstić information content (AvgIpc) is 3.11. The third kappa shape index (κ3) is 5.22. The smallest absolute Gasteiger partial charge is 0.243 e. The average molecular weight is 380 g/mol. The fourth-order valence-electron chi connectivity index (χ4n) is 2.58. The van der Waals surface area contributed by atoms with Gasteiger partial charge in [0.05, 0.1) is 25.4 Å². The SMILES string of the molecule is COc1ccc(N([C@H](C)C(=O)NCCCn2ccnc2)S(C)(=O)=O)cc1. The topological polar surface area (TPSA) is 93.5 Å². The van der Waals surface area contributed by atoms with E-state index in [1.807, 2.05) is 10.8 Å². The first kappa shape index (κ1) is 19.8. The highest BCUT2D eigenvalue weighted by Crippen LogP contribution is 2.23. The van der Waals surface area contributed by atoms with E-state index in [0.717, 1.165) is 23.5 Å². The highest BCUT2D eigenvalue weighted by Gasteiger charge is 2.28. The predicted octanol–water partition coefficient (Wildman–Crippen LogP) is 1.25. The van der Waals surface area contributed by atoms with Crippen LogP contribution in [-0.4, -0.2) is 49.8 Å². The molecular weight excluding hydrogens is 356 g/mol. The third-order valence-electron chi connectivity index (χ3n) is 3.87. The summed E-state index contributed by atoms with van der Waals surface area (Å²) in [5, 5.41) is 2.79. The standard InChI is InChI=1S/C17H24N4O4S/c1-14(17(22)19-9-4-11-20-12-10-18-13-20)21(26(3,23)24)15-5-7-16(25-2)8-6-15/h5-8,10,12-14H,4,9,11H2,1-3H3,(H,19,22)/t14-/m1/s1. The zero-order valence-electron chi connectivity index (χ0n) is 15.1. The summed E-state index contributed by atoms with van der Waals surface area (Å²) in [6.07, 6.45) is 7.05. The Labute approximate surface area is 153 Å². The van der Waals surface area contributed by atoms with E-state index < -0.39 is 16.1 Å². The first-order chi connectivity index (χ1) is 12.3. The number of aryl methyl sites for hydroxylation is 1. The molecule has 0 unspecified atom stereocenters. The quantitative estimate of drug-likeness (QED) is 0.661. The van der Waals surface area contributed by atoms with Gasteiger partial charge in [0.25, 0.3) is 0 Å². The fraction of sp³-hybridized carbons (Fsp3) is 0.412. The van der Waals surface area contributed by atoms with Crippen LogP contribution in [0.2, 0.25) is 0 Å². The maximum Gasteiger partial charge on any atom is 0.243 e. The van der Waals surface area contributed by atoms with Gasteiger partial charge in [0.15, 0.2) is 0 Å². The minimum absolute atomic E-state index is 0.350. The van der Waals surface area contributed by atoms with Crippen molar-refractivity contribution in [1.82, 2.24) is 14.9 Å². The van der Waals surface area contributed by atoms with Gasteiger partial charge in [0.1, 0.15) is 11.8 Å². The van der Waals surface area contributed by atoms with Gasteiger partial charge in [-0.2, -0.15) is 0 Å². The summed E-state index contributed by atoms with van der Waals surface area (Å²) in [4.78, 5) is 16.4. The van der Waals surface area contributed by atoms with Crippen molar-refractivity contribution in [3.05, 3.63) is 43.0 Å². The number of rotatable bonds is 9. The van der Waals surface area contributed by atoms with E-state index in [9.17, 15) is 13.2 Å². The first-order valence-corrected chi connectivity index (χ1v) is 10.0. The van der Waals surface area contributed by atoms with Crippen molar-refractivity contribution in [3.63, 3.8) is 0 Å². The van der Waals surface area contributed by atoms with E-state index >= 15 is 0 Å². The molecule has 2 rings (SSSR count). The van der Waals surface area contributed by atoms with E-state index in [1.165, 1.54) is 7.11 Å². The number of carbonyl (C=O) groups is 1. The Balaban J connectivity index is 2.00. The van der Waals surface area contributed by atoms with Gasteiger partial charge < -0.3 is 14.6 Å². The lowest BCUT2D eigenvalue weighted by atomic mass is 10.2. The van der Waals surface area contributed by atoms with Crippen molar-refractivity contribution >= 4 is 21.6 Å². The van der Waals surface area contributed by atoms with E-state index in [-0.39, 0.29) is 5.91 Å². The van der Waals surface area contributed by atoms with Gasteiger partial charge in [-0.25, -0.2) is 13.4 Å². The largest absolute Gasteiger partial charge is 0.497 e. The van der Waals surface area contributed by atoms with Crippen LogP contribution in [0.25, 0.3) is 0 Å². The molecule has 9 heteroatoms. The van der Waals surface area contributed by atoms with Crippen LogP contribution in [0.5, 0.6) is 5.75 Å². The lowest BCUT2D eigenvalue weighted by Crippen LogP contribution is -2.48. The Bertz CT molecular complexity index is 804. The van der Waals surface area contributed by atoms with Crippen molar-refractivity contribution in [2.45, 2.75) is 25.9 Å². The minimum atomic E-state index is -3.63. The molecule has 0 radical (unpaired) electrons. The monoisotopic (exact) mass is 380 g/mol. The molecule has 1 aromatic carbocycles. The summed E-state index contributed by atoms with van der Waals surface area (Å²) in [5.74, 6) is 0.260. The first-order valence-electron chi connectivity index (χ1n) is 8.20. The number of imidazole rings is 1. The van der Waals surface area contributed by atoms with Crippen LogP contribution in [0.4, 0.5) is 5.69 Å². The molecular formula is C17H24N4O4S. The zero-order valence-corrected chi connectivity index (χ0v) is 15.9. The van der Waals surface area contributed by atoms with Gasteiger partial charge in [-0.1, -0.05) is 0 Å². The van der Waals surface area contributed by atoms with Crippen molar-refractivity contribution in [1.29, 1.82) is 0 Å². The number of benzene rings is 1. The molecule has 0 aliphatic heterocycles. The van der Waals surface area contributed by atoms with Crippen molar-refractivity contribution in [3.8, 4) is 5.75 Å². The number of hydrogen-bond acceptors (Lipinski definition) is 5. The number of nitrogens with zero attached hydrogens (tertiary/aromatic N) is 3. The van der Waals surface area contributed by atoms with Gasteiger partial charge >= 0.3 is 0 Å². The van der Waals surface area contributed by atoms with Gasteiger partial charge in [0, 0.05) is 25.5 Å². The Kier molecular flexibility index (Phi) is 6.62. The predicted molar refractivity (Wildman–Crippen MR) is 99.6 cm³/mol. The number of anilines is 1. The molecule has 1 N–H and O–H groups in total. The van der Waals surface area contributed by atoms with Crippen LogP contribution in [0.3, 0.4) is 0 Å². The Hall–Kier alpha value is -2.55. The van der Waals surface area contributed by atoms with Crippen LogP contribution >= 0.6 is 0 Å². The fourth-order valence-corrected chi connectivity index (χ4v) is 3.75. The number of ether oxygens (including phenoxy) is 1. The van der Waals surface area contributed by atoms with Gasteiger partial charge in [0.2, 0.25) is 15.9 Å². The second-order valence-electron chi connectivity index (χ2n) is 5.88. The zero-order chi connectivity index (χ0) is 19.2. The summed E-state index contributed by atoms with van der Waals surface area (Å²) in [5.41, 5.74) is 0.411. The van der Waals surface area contributed by atoms with Gasteiger partial charge in [-0.3, -0.25) is 9.10 Å². The molecule has 142 valence electrons. The second kappa shape index (κ2) is 8.70. The highest BCUT2D eigenvalue weighted by atomic mass is 32.2. The number of carbonyl (C=O) groups excluding carboxylic acids is 1. The Morgan fingerprint density at radius 2 is 2.04 bits per heavy atom. The van der Waals surface area contributed by atoms with E-state index in [4.69, 9.17) is 4.74 Å². The molecule has 0 aliphatic carbocycles. The lowest BCUT2D eigenvalue weighted by molar-refractivity contribution is -0.121. The number of sulfonamides is 1. The Morgan fingerprint density at radius 3 is 2.58 bits per heavy atom. The minimum Gasteiger partial charge on any atom is -0.497 e. The van der Waals surface area contributed by atoms with Gasteiger partial charge in [-0.15, -0.1) is 0 Å². The summed E-state index contributed by atoms with van der Waals surface area (Å²) in [6, 6.07) is 5.67. The molecule has 26 heavy (non-hydrogen) atoms. The molecule has 0 saturated carbocycles. The molecule has 0 fully saturated rings. The number of nitrogens with one attached hydrogen (secondary N) is 1. The van der Waals surface area contributed by atoms with E-state index in [0.29, 0.717) is 18.0 Å². The van der Waals surface area contributed by atoms with Crippen molar-refractivity contribution < 1.29 is 17.9 Å². The van der Waals surface area contributed by atoms with E-state index in [1.54, 1.807) is 43.7 Å². The van der Waals surface area contributed by atoms with E-state index in [2.05, 4.69) is 10.3 Å². The van der Waals surface area contributed by atoms with Crippen molar-refractivity contribution in [2.75, 3.05) is 24.2 Å². The number of methoxy groups -OCH3 is 1. The summed E-state index contributed by atoms with van der Waals surface area (Å²) >= 11 is 0. The second-order valence-corrected chi connectivity index (χ2v) is 7.74. The summed E-state index contributed by atoms with van der Waals surface area (Å²) in [6.45, 7) is 2.74. The van der Waals surface area contributed by atoms with Crippen LogP contribution in [0, 0.1) is 0 Å². The molecule has 1 atom stereocenters. The number of hydrogen-bond donors (Lipinski definition) is 1. The van der Waals surface area contributed by atoms with Crippen LogP contribution < -0.4 is 14.4 Å². The molecule has 0 spiro atoms. The molecule has 2 aromatic rings. The summed E-state index contributed by atoms with van der Waals surface area (Å²) < 4.78 is 32.6. The molecule has 0 aliphatic rings. The van der Waals surface area contributed by atoms with Crippen molar-refractivity contribution in [2.24, 2.45) is 0 Å². The van der Waals surface area contributed by atoms with Gasteiger partial charge in [-0.05, 0) is 37.6 Å². The van der Waals surface area contributed by atoms with Crippen LogP contribution in [-0.2, 0) is 21.4 Å². The maximum atomic E-state index is 12.4. The lowest BCUT2D eigenvalue weighted by Gasteiger charge is -2.28. The maximum absolute atomic E-state index is 12.4. The molecule has 0 saturated heterocycles. The van der Waals surface area contributed by atoms with Crippen LogP contribution in [0.1, 0.15) is 13.3 Å². The molecule has 1 aromatic heterocycles. The number of amides is 1. The summed E-state index contributed by atoms with van der Waals surface area (Å²) in [7, 11) is -2.10. The van der Waals surface area contributed by atoms with Crippen LogP contribution in [0.15, 0.2) is 43.0 Å². The normalized spacial score (nSPS) is 12.4.